The van der Waals surface area contributed by atoms with Crippen molar-refractivity contribution >= 4 is 46.5 Å². The third kappa shape index (κ3) is 5.25. The monoisotopic (exact) mass is 461 g/mol. The summed E-state index contributed by atoms with van der Waals surface area (Å²) < 4.78 is 24.5. The molecule has 3 aromatic rings. The number of hydrogen-bond donors (Lipinski definition) is 0. The highest BCUT2D eigenvalue weighted by Gasteiger charge is 2.14. The number of methoxy groups -OCH3 is 1. The highest BCUT2D eigenvalue weighted by atomic mass is 35.5. The molecule has 0 fully saturated rings. The minimum Gasteiger partial charge on any atom is -0.493 e. The quantitative estimate of drug-likeness (QED) is 0.282. The Morgan fingerprint density at radius 2 is 1.87 bits per heavy atom. The van der Waals surface area contributed by atoms with Crippen LogP contribution in [0.4, 0.5) is 4.39 Å². The van der Waals surface area contributed by atoms with Crippen LogP contribution in [-0.2, 0) is 6.61 Å². The van der Waals surface area contributed by atoms with Crippen LogP contribution >= 0.6 is 34.8 Å². The van der Waals surface area contributed by atoms with Gasteiger partial charge in [-0.25, -0.2) is 4.39 Å². The number of hydrogen-bond acceptors (Lipinski definition) is 3. The summed E-state index contributed by atoms with van der Waals surface area (Å²) in [5, 5.41) is 10.7. The number of rotatable bonds is 6. The molecule has 0 radical (unpaired) electrons. The first-order chi connectivity index (χ1) is 14.4. The fraction of sp³-hybridized carbons (Fsp3) is 0.0870. The Hall–Kier alpha value is -2.71. The molecule has 0 aromatic heterocycles. The lowest BCUT2D eigenvalue weighted by atomic mass is 10.0. The summed E-state index contributed by atoms with van der Waals surface area (Å²) in [6, 6.07) is 16.5. The molecule has 7 heteroatoms. The van der Waals surface area contributed by atoms with E-state index in [4.69, 9.17) is 44.3 Å². The molecule has 0 atom stereocenters. The highest BCUT2D eigenvalue weighted by Crippen LogP contribution is 2.38. The van der Waals surface area contributed by atoms with E-state index in [1.165, 1.54) is 19.2 Å². The van der Waals surface area contributed by atoms with E-state index in [1.807, 2.05) is 0 Å². The first kappa shape index (κ1) is 22.0. The van der Waals surface area contributed by atoms with Crippen LogP contribution in [0.25, 0.3) is 11.6 Å². The lowest BCUT2D eigenvalue weighted by Crippen LogP contribution is -1.99. The minimum absolute atomic E-state index is 0.118. The van der Waals surface area contributed by atoms with Crippen molar-refractivity contribution in [2.45, 2.75) is 6.61 Å². The molecule has 3 nitrogen and oxygen atoms in total. The van der Waals surface area contributed by atoms with Gasteiger partial charge in [-0.15, -0.1) is 0 Å². The molecule has 3 aromatic carbocycles. The number of ether oxygens (including phenoxy) is 2. The molecule has 0 aliphatic heterocycles. The molecule has 30 heavy (non-hydrogen) atoms. The third-order valence-electron chi connectivity index (χ3n) is 4.18. The van der Waals surface area contributed by atoms with Gasteiger partial charge in [0.25, 0.3) is 0 Å². The first-order valence-electron chi connectivity index (χ1n) is 8.73. The zero-order valence-corrected chi connectivity index (χ0v) is 18.0. The van der Waals surface area contributed by atoms with Gasteiger partial charge >= 0.3 is 0 Å². The zero-order chi connectivity index (χ0) is 21.7. The molecule has 0 heterocycles. The lowest BCUT2D eigenvalue weighted by molar-refractivity contribution is 0.284. The molecule has 0 bridgehead atoms. The highest BCUT2D eigenvalue weighted by molar-refractivity contribution is 6.36. The van der Waals surface area contributed by atoms with E-state index in [0.29, 0.717) is 43.8 Å². The number of halogens is 4. The Labute approximate surface area is 188 Å². The first-order valence-corrected chi connectivity index (χ1v) is 9.86. The van der Waals surface area contributed by atoms with Crippen molar-refractivity contribution in [3.8, 4) is 17.6 Å². The summed E-state index contributed by atoms with van der Waals surface area (Å²) in [7, 11) is 1.48. The number of nitrogens with zero attached hydrogens (tertiary/aromatic N) is 1. The summed E-state index contributed by atoms with van der Waals surface area (Å²) in [6.07, 6.45) is 1.64. The summed E-state index contributed by atoms with van der Waals surface area (Å²) in [5.41, 5.74) is 2.16. The minimum atomic E-state index is -0.348. The van der Waals surface area contributed by atoms with Gasteiger partial charge in [0.15, 0.2) is 11.5 Å². The van der Waals surface area contributed by atoms with Gasteiger partial charge in [0.05, 0.1) is 28.8 Å². The van der Waals surface area contributed by atoms with Crippen LogP contribution in [0.15, 0.2) is 54.6 Å². The van der Waals surface area contributed by atoms with E-state index in [2.05, 4.69) is 6.07 Å². The Morgan fingerprint density at radius 1 is 1.07 bits per heavy atom. The largest absolute Gasteiger partial charge is 0.493 e. The van der Waals surface area contributed by atoms with Gasteiger partial charge in [-0.2, -0.15) is 5.26 Å². The van der Waals surface area contributed by atoms with E-state index in [0.717, 1.165) is 0 Å². The average molecular weight is 463 g/mol. The molecule has 3 rings (SSSR count). The van der Waals surface area contributed by atoms with Gasteiger partial charge in [-0.1, -0.05) is 53.0 Å². The zero-order valence-electron chi connectivity index (χ0n) is 15.8. The van der Waals surface area contributed by atoms with Crippen LogP contribution < -0.4 is 9.47 Å². The maximum absolute atomic E-state index is 13.4. The van der Waals surface area contributed by atoms with Crippen molar-refractivity contribution in [3.63, 3.8) is 0 Å². The fourth-order valence-electron chi connectivity index (χ4n) is 2.79. The topological polar surface area (TPSA) is 42.2 Å². The average Bonchev–Trinajstić information content (AvgIpc) is 2.71. The maximum atomic E-state index is 13.4. The van der Waals surface area contributed by atoms with Gasteiger partial charge < -0.3 is 9.47 Å². The molecule has 0 spiro atoms. The third-order valence-corrected chi connectivity index (χ3v) is 5.01. The second kappa shape index (κ2) is 9.86. The molecule has 0 aliphatic rings. The second-order valence-corrected chi connectivity index (χ2v) is 7.50. The van der Waals surface area contributed by atoms with E-state index in [-0.39, 0.29) is 17.4 Å². The summed E-state index contributed by atoms with van der Waals surface area (Å²) in [6.45, 7) is 0.118. The van der Waals surface area contributed by atoms with Gasteiger partial charge in [-0.3, -0.25) is 0 Å². The van der Waals surface area contributed by atoms with E-state index >= 15 is 0 Å². The molecule has 0 aliphatic carbocycles. The lowest BCUT2D eigenvalue weighted by Gasteiger charge is -2.14. The van der Waals surface area contributed by atoms with Gasteiger partial charge in [0.2, 0.25) is 0 Å². The van der Waals surface area contributed by atoms with Crippen molar-refractivity contribution < 1.29 is 13.9 Å². The SMILES string of the molecule is COc1cc(/C=C(\C#N)c2ccc(Cl)cc2Cl)cc(Cl)c1OCc1cccc(F)c1. The Balaban J connectivity index is 1.92. The predicted molar refractivity (Wildman–Crippen MR) is 119 cm³/mol. The maximum Gasteiger partial charge on any atom is 0.180 e. The molecule has 0 unspecified atom stereocenters. The van der Waals surface area contributed by atoms with E-state index in [9.17, 15) is 9.65 Å². The Bertz CT molecular complexity index is 1160. The molecule has 0 N–H and O–H groups in total. The van der Waals surface area contributed by atoms with Crippen LogP contribution in [0.2, 0.25) is 15.1 Å². The fourth-order valence-corrected chi connectivity index (χ4v) is 3.57. The van der Waals surface area contributed by atoms with Crippen molar-refractivity contribution in [2.24, 2.45) is 0 Å². The summed E-state index contributed by atoms with van der Waals surface area (Å²) in [4.78, 5) is 0. The van der Waals surface area contributed by atoms with Gasteiger partial charge in [0, 0.05) is 10.6 Å². The van der Waals surface area contributed by atoms with Gasteiger partial charge in [0.1, 0.15) is 12.4 Å². The van der Waals surface area contributed by atoms with Crippen molar-refractivity contribution in [1.29, 1.82) is 5.26 Å². The normalized spacial score (nSPS) is 11.1. The number of nitriles is 1. The second-order valence-electron chi connectivity index (χ2n) is 6.25. The predicted octanol–water partition coefficient (Wildman–Crippen LogP) is 7.44. The molecule has 0 saturated carbocycles. The molecular weight excluding hydrogens is 448 g/mol. The van der Waals surface area contributed by atoms with Crippen molar-refractivity contribution in [2.75, 3.05) is 7.11 Å². The number of allylic oxidation sites excluding steroid dienone is 1. The Kier molecular flexibility index (Phi) is 7.23. The van der Waals surface area contributed by atoms with E-state index in [1.54, 1.807) is 48.5 Å². The standard InChI is InChI=1S/C23H15Cl3FNO2/c1-29-22-10-15(7-16(12-28)19-6-5-17(24)11-20(19)25)9-21(26)23(22)30-13-14-3-2-4-18(27)8-14/h2-11H,13H2,1H3/b16-7+. The van der Waals surface area contributed by atoms with Crippen LogP contribution in [-0.4, -0.2) is 7.11 Å². The van der Waals surface area contributed by atoms with Crippen LogP contribution in [0.1, 0.15) is 16.7 Å². The number of benzene rings is 3. The van der Waals surface area contributed by atoms with Crippen LogP contribution in [0, 0.1) is 17.1 Å². The summed E-state index contributed by atoms with van der Waals surface area (Å²) >= 11 is 18.6. The Morgan fingerprint density at radius 3 is 2.53 bits per heavy atom. The molecule has 0 saturated heterocycles. The smallest absolute Gasteiger partial charge is 0.180 e. The summed E-state index contributed by atoms with van der Waals surface area (Å²) in [5.74, 6) is 0.354. The van der Waals surface area contributed by atoms with Crippen molar-refractivity contribution in [1.82, 2.24) is 0 Å². The molecule has 152 valence electrons. The molecule has 0 amide bonds. The van der Waals surface area contributed by atoms with Crippen molar-refractivity contribution in [3.05, 3.63) is 92.2 Å². The van der Waals surface area contributed by atoms with Crippen LogP contribution in [0.3, 0.4) is 0 Å². The van der Waals surface area contributed by atoms with Gasteiger partial charge in [-0.05, 0) is 53.6 Å². The van der Waals surface area contributed by atoms with E-state index < -0.39 is 0 Å². The van der Waals surface area contributed by atoms with Crippen LogP contribution in [0.5, 0.6) is 11.5 Å². The molecular formula is C23H15Cl3FNO2.